The molecule has 1 aromatic heterocycles. The highest BCUT2D eigenvalue weighted by molar-refractivity contribution is 9.10. The van der Waals surface area contributed by atoms with Gasteiger partial charge in [-0.05, 0) is 40.5 Å². The minimum absolute atomic E-state index is 0.0403. The predicted octanol–water partition coefficient (Wildman–Crippen LogP) is 3.27. The molecule has 1 aliphatic heterocycles. The van der Waals surface area contributed by atoms with Gasteiger partial charge in [-0.15, -0.1) is 5.10 Å². The summed E-state index contributed by atoms with van der Waals surface area (Å²) in [6, 6.07) is 5.85. The Labute approximate surface area is 159 Å². The Morgan fingerprint density at radius 1 is 1.54 bits per heavy atom. The molecule has 26 heavy (non-hydrogen) atoms. The van der Waals surface area contributed by atoms with Crippen molar-refractivity contribution < 1.29 is 14.2 Å². The van der Waals surface area contributed by atoms with E-state index in [1.807, 2.05) is 19.1 Å². The first-order valence-electron chi connectivity index (χ1n) is 7.75. The summed E-state index contributed by atoms with van der Waals surface area (Å²) >= 11 is 3.52. The molecule has 3 rings (SSSR count). The van der Waals surface area contributed by atoms with Gasteiger partial charge in [0.15, 0.2) is 11.5 Å². The van der Waals surface area contributed by atoms with E-state index in [4.69, 9.17) is 19.9 Å². The van der Waals surface area contributed by atoms with Crippen LogP contribution in [0.4, 0.5) is 0 Å². The van der Waals surface area contributed by atoms with Crippen LogP contribution in [0, 0.1) is 18.3 Å². The smallest absolute Gasteiger partial charge is 0.244 e. The molecule has 134 valence electrons. The molecule has 0 fully saturated rings. The highest BCUT2D eigenvalue weighted by Crippen LogP contribution is 2.46. The van der Waals surface area contributed by atoms with E-state index in [9.17, 15) is 5.26 Å². The minimum Gasteiger partial charge on any atom is -0.493 e. The van der Waals surface area contributed by atoms with E-state index < -0.39 is 5.92 Å². The first-order chi connectivity index (χ1) is 12.5. The first-order valence-corrected chi connectivity index (χ1v) is 8.54. The van der Waals surface area contributed by atoms with Gasteiger partial charge in [-0.2, -0.15) is 5.26 Å². The minimum atomic E-state index is -0.429. The summed E-state index contributed by atoms with van der Waals surface area (Å²) in [5.74, 6) is 1.06. The molecule has 1 aromatic carbocycles. The number of hydrogen-bond donors (Lipinski definition) is 2. The lowest BCUT2D eigenvalue weighted by molar-refractivity contribution is 0.324. The van der Waals surface area contributed by atoms with Gasteiger partial charge in [0, 0.05) is 11.3 Å². The molecule has 0 spiro atoms. The van der Waals surface area contributed by atoms with Crippen molar-refractivity contribution in [2.45, 2.75) is 12.8 Å². The average Bonchev–Trinajstić information content (AvgIpc) is 2.99. The van der Waals surface area contributed by atoms with Crippen LogP contribution in [0.1, 0.15) is 22.7 Å². The fourth-order valence-electron chi connectivity index (χ4n) is 2.92. The van der Waals surface area contributed by atoms with E-state index in [-0.39, 0.29) is 5.88 Å². The van der Waals surface area contributed by atoms with Gasteiger partial charge in [-0.1, -0.05) is 12.7 Å². The number of aromatic amines is 1. The molecule has 0 saturated heterocycles. The lowest BCUT2D eigenvalue weighted by Gasteiger charge is -2.24. The maximum absolute atomic E-state index is 9.64. The molecule has 8 heteroatoms. The van der Waals surface area contributed by atoms with Crippen molar-refractivity contribution in [3.63, 3.8) is 0 Å². The summed E-state index contributed by atoms with van der Waals surface area (Å²) in [7, 11) is 1.56. The molecule has 0 bridgehead atoms. The second-order valence-electron chi connectivity index (χ2n) is 5.63. The number of ether oxygens (including phenoxy) is 3. The average molecular weight is 417 g/mol. The van der Waals surface area contributed by atoms with Crippen molar-refractivity contribution in [1.82, 2.24) is 10.2 Å². The highest BCUT2D eigenvalue weighted by Gasteiger charge is 2.35. The molecular weight excluding hydrogens is 400 g/mol. The number of rotatable bonds is 5. The summed E-state index contributed by atoms with van der Waals surface area (Å²) in [5.41, 5.74) is 8.63. The molecule has 0 unspecified atom stereocenters. The molecular formula is C18H17BrN4O3. The number of benzene rings is 1. The Morgan fingerprint density at radius 3 is 2.96 bits per heavy atom. The number of hydrogen-bond acceptors (Lipinski definition) is 6. The number of nitrogens with two attached hydrogens (primary N) is 1. The quantitative estimate of drug-likeness (QED) is 0.724. The Hall–Kier alpha value is -2.92. The number of nitrogens with one attached hydrogen (secondary N) is 1. The van der Waals surface area contributed by atoms with Gasteiger partial charge < -0.3 is 19.9 Å². The van der Waals surface area contributed by atoms with Gasteiger partial charge in [-0.25, -0.2) is 0 Å². The summed E-state index contributed by atoms with van der Waals surface area (Å²) < 4.78 is 17.3. The molecule has 2 heterocycles. The van der Waals surface area contributed by atoms with Crippen molar-refractivity contribution >= 4 is 15.9 Å². The lowest BCUT2D eigenvalue weighted by atomic mass is 9.84. The fourth-order valence-corrected chi connectivity index (χ4v) is 3.49. The second-order valence-corrected chi connectivity index (χ2v) is 6.48. The maximum Gasteiger partial charge on any atom is 0.244 e. The Morgan fingerprint density at radius 2 is 2.31 bits per heavy atom. The molecule has 7 nitrogen and oxygen atoms in total. The number of H-pyrrole nitrogens is 1. The topological polar surface area (TPSA) is 106 Å². The SMILES string of the molecule is C=CCOc1c(Br)cc([C@@H]2C(C#N)=C(N)Oc3n[nH]c(C)c32)cc1OC. The molecule has 0 aliphatic carbocycles. The van der Waals surface area contributed by atoms with Crippen LogP contribution < -0.4 is 19.9 Å². The normalized spacial score (nSPS) is 15.7. The second kappa shape index (κ2) is 7.14. The van der Waals surface area contributed by atoms with Crippen molar-refractivity contribution in [3.8, 4) is 23.4 Å². The van der Waals surface area contributed by atoms with E-state index in [0.717, 1.165) is 16.8 Å². The molecule has 0 saturated carbocycles. The van der Waals surface area contributed by atoms with Crippen LogP contribution in [0.2, 0.25) is 0 Å². The third-order valence-electron chi connectivity index (χ3n) is 4.06. The van der Waals surface area contributed by atoms with E-state index in [1.165, 1.54) is 0 Å². The zero-order chi connectivity index (χ0) is 18.8. The van der Waals surface area contributed by atoms with Crippen molar-refractivity contribution in [2.75, 3.05) is 13.7 Å². The number of nitriles is 1. The van der Waals surface area contributed by atoms with Gasteiger partial charge in [0.1, 0.15) is 18.2 Å². The van der Waals surface area contributed by atoms with Gasteiger partial charge >= 0.3 is 0 Å². The van der Waals surface area contributed by atoms with Gasteiger partial charge in [0.2, 0.25) is 11.8 Å². The van der Waals surface area contributed by atoms with Gasteiger partial charge in [0.05, 0.1) is 17.5 Å². The van der Waals surface area contributed by atoms with Crippen LogP contribution in [0.15, 0.2) is 40.7 Å². The number of aryl methyl sites for hydroxylation is 1. The third kappa shape index (κ3) is 2.91. The summed E-state index contributed by atoms with van der Waals surface area (Å²) in [5, 5.41) is 16.6. The molecule has 0 amide bonds. The number of fused-ring (bicyclic) bond motifs is 1. The maximum atomic E-state index is 9.64. The van der Waals surface area contributed by atoms with Gasteiger partial charge in [0.25, 0.3) is 0 Å². The van der Waals surface area contributed by atoms with E-state index in [0.29, 0.717) is 34.0 Å². The number of halogens is 1. The number of nitrogens with zero attached hydrogens (tertiary/aromatic N) is 2. The van der Waals surface area contributed by atoms with Crippen molar-refractivity contribution in [3.05, 3.63) is 57.5 Å². The van der Waals surface area contributed by atoms with Gasteiger partial charge in [-0.3, -0.25) is 5.10 Å². The summed E-state index contributed by atoms with van der Waals surface area (Å²) in [6.45, 7) is 5.86. The predicted molar refractivity (Wildman–Crippen MR) is 99.0 cm³/mol. The highest BCUT2D eigenvalue weighted by atomic mass is 79.9. The molecule has 3 N–H and O–H groups in total. The van der Waals surface area contributed by atoms with Crippen molar-refractivity contribution in [2.24, 2.45) is 5.73 Å². The Kier molecular flexibility index (Phi) is 4.91. The largest absolute Gasteiger partial charge is 0.493 e. The van der Waals surface area contributed by atoms with Crippen LogP contribution >= 0.6 is 15.9 Å². The molecule has 2 aromatic rings. The first kappa shape index (κ1) is 17.9. The summed E-state index contributed by atoms with van der Waals surface area (Å²) in [4.78, 5) is 0. The standard InChI is InChI=1S/C18H17BrN4O3/c1-4-5-25-16-12(19)6-10(7-13(16)24-3)15-11(8-20)17(21)26-18-14(15)9(2)22-23-18/h4,6-7,15H,1,5,21H2,2-3H3,(H,22,23)/t15-/m1/s1. The zero-order valence-corrected chi connectivity index (χ0v) is 15.9. The monoisotopic (exact) mass is 416 g/mol. The zero-order valence-electron chi connectivity index (χ0n) is 14.3. The van der Waals surface area contributed by atoms with Crippen LogP contribution in [-0.4, -0.2) is 23.9 Å². The third-order valence-corrected chi connectivity index (χ3v) is 4.65. The lowest BCUT2D eigenvalue weighted by Crippen LogP contribution is -2.21. The van der Waals surface area contributed by atoms with E-state index in [2.05, 4.69) is 38.8 Å². The van der Waals surface area contributed by atoms with E-state index >= 15 is 0 Å². The number of allylic oxidation sites excluding steroid dienone is 1. The van der Waals surface area contributed by atoms with Crippen molar-refractivity contribution in [1.29, 1.82) is 5.26 Å². The van der Waals surface area contributed by atoms with Crippen LogP contribution in [0.3, 0.4) is 0 Å². The molecule has 1 aliphatic rings. The Balaban J connectivity index is 2.19. The fraction of sp³-hybridized carbons (Fsp3) is 0.222. The van der Waals surface area contributed by atoms with Crippen LogP contribution in [0.5, 0.6) is 17.4 Å². The van der Waals surface area contributed by atoms with Crippen LogP contribution in [-0.2, 0) is 0 Å². The molecule has 1 atom stereocenters. The Bertz CT molecular complexity index is 943. The van der Waals surface area contributed by atoms with Crippen LogP contribution in [0.25, 0.3) is 0 Å². The summed E-state index contributed by atoms with van der Waals surface area (Å²) in [6.07, 6.45) is 1.65. The number of aromatic nitrogens is 2. The molecule has 0 radical (unpaired) electrons. The number of methoxy groups -OCH3 is 1. The van der Waals surface area contributed by atoms with E-state index in [1.54, 1.807) is 13.2 Å².